The maximum Gasteiger partial charge on any atom is 0.319 e. The fourth-order valence-electron chi connectivity index (χ4n) is 2.01. The van der Waals surface area contributed by atoms with Gasteiger partial charge in [0.15, 0.2) is 0 Å². The molecule has 0 aliphatic rings. The molecule has 0 spiro atoms. The van der Waals surface area contributed by atoms with E-state index in [9.17, 15) is 4.79 Å². The zero-order valence-corrected chi connectivity index (χ0v) is 13.8. The van der Waals surface area contributed by atoms with Gasteiger partial charge in [0.25, 0.3) is 0 Å². The Morgan fingerprint density at radius 1 is 1.41 bits per heavy atom. The van der Waals surface area contributed by atoms with Gasteiger partial charge in [0.05, 0.1) is 16.8 Å². The molecule has 0 aliphatic heterocycles. The van der Waals surface area contributed by atoms with Gasteiger partial charge in [-0.1, -0.05) is 30.1 Å². The highest BCUT2D eigenvalue weighted by Gasteiger charge is 2.16. The molecule has 0 saturated heterocycles. The van der Waals surface area contributed by atoms with Crippen LogP contribution in [0.2, 0.25) is 10.0 Å². The van der Waals surface area contributed by atoms with Crippen molar-refractivity contribution in [1.82, 2.24) is 20.1 Å². The number of urea groups is 1. The Morgan fingerprint density at radius 3 is 2.91 bits per heavy atom. The third-order valence-electron chi connectivity index (χ3n) is 2.99. The lowest BCUT2D eigenvalue weighted by atomic mass is 10.3. The van der Waals surface area contributed by atoms with Crippen molar-refractivity contribution in [3.63, 3.8) is 0 Å². The molecule has 1 atom stereocenters. The van der Waals surface area contributed by atoms with E-state index in [2.05, 4.69) is 27.6 Å². The summed E-state index contributed by atoms with van der Waals surface area (Å²) >= 11 is 11.9. The number of anilines is 1. The number of amides is 2. The van der Waals surface area contributed by atoms with Gasteiger partial charge < -0.3 is 10.6 Å². The van der Waals surface area contributed by atoms with Crippen molar-refractivity contribution in [3.8, 4) is 0 Å². The van der Waals surface area contributed by atoms with Gasteiger partial charge in [0.1, 0.15) is 12.2 Å². The van der Waals surface area contributed by atoms with E-state index in [0.717, 1.165) is 13.0 Å². The fourth-order valence-corrected chi connectivity index (χ4v) is 2.34. The third-order valence-corrected chi connectivity index (χ3v) is 3.56. The number of hydrogen-bond acceptors (Lipinski definition) is 3. The van der Waals surface area contributed by atoms with Crippen LogP contribution in [0.5, 0.6) is 0 Å². The van der Waals surface area contributed by atoms with E-state index in [1.807, 2.05) is 6.92 Å². The van der Waals surface area contributed by atoms with Gasteiger partial charge in [0.2, 0.25) is 0 Å². The summed E-state index contributed by atoms with van der Waals surface area (Å²) in [5, 5.41) is 10.5. The molecular formula is C14H17Cl2N5O. The summed E-state index contributed by atoms with van der Waals surface area (Å²) in [6, 6.07) is 4.20. The lowest BCUT2D eigenvalue weighted by molar-refractivity contribution is 0.248. The highest BCUT2D eigenvalue weighted by molar-refractivity contribution is 6.35. The normalized spacial score (nSPS) is 12.0. The number of aromatic nitrogens is 3. The first-order valence-electron chi connectivity index (χ1n) is 6.91. The molecule has 2 rings (SSSR count). The molecule has 2 amide bonds. The summed E-state index contributed by atoms with van der Waals surface area (Å²) in [5.74, 6) is 0.703. The second kappa shape index (κ2) is 7.47. The molecule has 8 heteroatoms. The predicted molar refractivity (Wildman–Crippen MR) is 87.3 cm³/mol. The lowest BCUT2D eigenvalue weighted by Crippen LogP contribution is -2.32. The second-order valence-electron chi connectivity index (χ2n) is 4.79. The molecule has 2 aromatic rings. The van der Waals surface area contributed by atoms with Crippen LogP contribution in [-0.4, -0.2) is 20.8 Å². The SMILES string of the molecule is CCCn1ncnc1C(C)NC(=O)Nc1cc(Cl)ccc1Cl. The Balaban J connectivity index is 2.02. The smallest absolute Gasteiger partial charge is 0.319 e. The number of nitrogens with zero attached hydrogens (tertiary/aromatic N) is 3. The topological polar surface area (TPSA) is 71.8 Å². The van der Waals surface area contributed by atoms with Crippen LogP contribution in [0, 0.1) is 0 Å². The van der Waals surface area contributed by atoms with Crippen molar-refractivity contribution >= 4 is 34.9 Å². The van der Waals surface area contributed by atoms with Crippen molar-refractivity contribution in [2.24, 2.45) is 0 Å². The van der Waals surface area contributed by atoms with E-state index < -0.39 is 0 Å². The minimum Gasteiger partial charge on any atom is -0.328 e. The van der Waals surface area contributed by atoms with E-state index in [1.165, 1.54) is 6.33 Å². The summed E-state index contributed by atoms with van der Waals surface area (Å²) in [6.07, 6.45) is 2.42. The van der Waals surface area contributed by atoms with Crippen molar-refractivity contribution in [2.75, 3.05) is 5.32 Å². The Hall–Kier alpha value is -1.79. The van der Waals surface area contributed by atoms with Crippen molar-refractivity contribution in [3.05, 3.63) is 40.4 Å². The maximum atomic E-state index is 12.1. The van der Waals surface area contributed by atoms with E-state index in [1.54, 1.807) is 22.9 Å². The van der Waals surface area contributed by atoms with Crippen LogP contribution in [-0.2, 0) is 6.54 Å². The Bertz CT molecular complexity index is 658. The number of aryl methyl sites for hydroxylation is 1. The molecule has 1 aromatic heterocycles. The number of carbonyl (C=O) groups excluding carboxylic acids is 1. The van der Waals surface area contributed by atoms with Crippen LogP contribution >= 0.6 is 23.2 Å². The molecule has 0 radical (unpaired) electrons. The van der Waals surface area contributed by atoms with Crippen molar-refractivity contribution < 1.29 is 4.79 Å². The van der Waals surface area contributed by atoms with Crippen LogP contribution < -0.4 is 10.6 Å². The second-order valence-corrected chi connectivity index (χ2v) is 5.63. The van der Waals surface area contributed by atoms with Gasteiger partial charge in [-0.2, -0.15) is 5.10 Å². The minimum atomic E-state index is -0.386. The van der Waals surface area contributed by atoms with Gasteiger partial charge in [-0.3, -0.25) is 0 Å². The average Bonchev–Trinajstić information content (AvgIpc) is 2.91. The highest BCUT2D eigenvalue weighted by atomic mass is 35.5. The molecule has 1 heterocycles. The molecule has 0 saturated carbocycles. The zero-order valence-electron chi connectivity index (χ0n) is 12.3. The van der Waals surface area contributed by atoms with Crippen molar-refractivity contribution in [1.29, 1.82) is 0 Å². The number of carbonyl (C=O) groups is 1. The first-order chi connectivity index (χ1) is 10.5. The minimum absolute atomic E-state index is 0.285. The molecule has 2 N–H and O–H groups in total. The first-order valence-corrected chi connectivity index (χ1v) is 7.67. The summed E-state index contributed by atoms with van der Waals surface area (Å²) in [6.45, 7) is 4.65. The summed E-state index contributed by atoms with van der Waals surface area (Å²) in [7, 11) is 0. The molecule has 0 aliphatic carbocycles. The zero-order chi connectivity index (χ0) is 16.1. The number of halogens is 2. The Morgan fingerprint density at radius 2 is 2.18 bits per heavy atom. The van der Waals surface area contributed by atoms with Gasteiger partial charge >= 0.3 is 6.03 Å². The Kier molecular flexibility index (Phi) is 5.63. The fraction of sp³-hybridized carbons (Fsp3) is 0.357. The Labute approximate surface area is 138 Å². The van der Waals surface area contributed by atoms with Crippen LogP contribution in [0.3, 0.4) is 0 Å². The summed E-state index contributed by atoms with van der Waals surface area (Å²) in [4.78, 5) is 16.3. The van der Waals surface area contributed by atoms with E-state index in [0.29, 0.717) is 21.6 Å². The first kappa shape index (κ1) is 16.6. The third kappa shape index (κ3) is 4.11. The molecular weight excluding hydrogens is 325 g/mol. The highest BCUT2D eigenvalue weighted by Crippen LogP contribution is 2.25. The summed E-state index contributed by atoms with van der Waals surface area (Å²) in [5.41, 5.74) is 0.453. The number of rotatable bonds is 5. The molecule has 118 valence electrons. The number of hydrogen-bond donors (Lipinski definition) is 2. The molecule has 0 bridgehead atoms. The van der Waals surface area contributed by atoms with E-state index in [4.69, 9.17) is 23.2 Å². The van der Waals surface area contributed by atoms with Gasteiger partial charge in [0, 0.05) is 11.6 Å². The predicted octanol–water partition coefficient (Wildman–Crippen LogP) is 3.88. The van der Waals surface area contributed by atoms with Gasteiger partial charge in [-0.15, -0.1) is 0 Å². The van der Waals surface area contributed by atoms with Gasteiger partial charge in [-0.25, -0.2) is 14.5 Å². The molecule has 6 nitrogen and oxygen atoms in total. The van der Waals surface area contributed by atoms with Crippen LogP contribution in [0.4, 0.5) is 10.5 Å². The molecule has 1 unspecified atom stereocenters. The van der Waals surface area contributed by atoms with Crippen molar-refractivity contribution in [2.45, 2.75) is 32.9 Å². The quantitative estimate of drug-likeness (QED) is 0.866. The van der Waals surface area contributed by atoms with E-state index in [-0.39, 0.29) is 12.1 Å². The monoisotopic (exact) mass is 341 g/mol. The number of benzene rings is 1. The van der Waals surface area contributed by atoms with E-state index >= 15 is 0 Å². The largest absolute Gasteiger partial charge is 0.328 e. The standard InChI is InChI=1S/C14H17Cl2N5O/c1-3-6-21-13(17-8-18-21)9(2)19-14(22)20-12-7-10(15)4-5-11(12)16/h4-5,7-9H,3,6H2,1-2H3,(H2,19,20,22). The lowest BCUT2D eigenvalue weighted by Gasteiger charge is -2.15. The number of nitrogens with one attached hydrogen (secondary N) is 2. The van der Waals surface area contributed by atoms with Crippen LogP contribution in [0.15, 0.2) is 24.5 Å². The maximum absolute atomic E-state index is 12.1. The van der Waals surface area contributed by atoms with Gasteiger partial charge in [-0.05, 0) is 31.5 Å². The van der Waals surface area contributed by atoms with Crippen LogP contribution in [0.1, 0.15) is 32.1 Å². The average molecular weight is 342 g/mol. The summed E-state index contributed by atoms with van der Waals surface area (Å²) < 4.78 is 1.78. The molecule has 22 heavy (non-hydrogen) atoms. The molecule has 1 aromatic carbocycles. The van der Waals surface area contributed by atoms with Crippen LogP contribution in [0.25, 0.3) is 0 Å². The molecule has 0 fully saturated rings.